The average Bonchev–Trinajstić information content (AvgIpc) is 3.34. The van der Waals surface area contributed by atoms with Gasteiger partial charge < -0.3 is 20.1 Å². The van der Waals surface area contributed by atoms with Gasteiger partial charge in [-0.2, -0.15) is 0 Å². The standard InChI is InChI=1S/C24H24N4O4/c29-22(15-25-24(31)20-14-21(32-27-20)17-8-3-1-4-9-17)28-13-7-10-18(16-28)23(30)26-19-11-5-2-6-12-19/h1-6,8-9,11-12,14,18H,7,10,13,15-16H2,(H,25,31)(H,26,30). The maximum absolute atomic E-state index is 12.6. The number of carbonyl (C=O) groups is 3. The molecule has 32 heavy (non-hydrogen) atoms. The van der Waals surface area contributed by atoms with Crippen LogP contribution >= 0.6 is 0 Å². The van der Waals surface area contributed by atoms with Crippen molar-refractivity contribution in [3.05, 3.63) is 72.4 Å². The highest BCUT2D eigenvalue weighted by Crippen LogP contribution is 2.20. The second kappa shape index (κ2) is 9.91. The van der Waals surface area contributed by atoms with Crippen LogP contribution in [0.15, 0.2) is 71.3 Å². The molecule has 8 nitrogen and oxygen atoms in total. The predicted octanol–water partition coefficient (Wildman–Crippen LogP) is 2.95. The molecule has 1 aromatic heterocycles. The number of para-hydroxylation sites is 1. The van der Waals surface area contributed by atoms with Gasteiger partial charge in [-0.15, -0.1) is 0 Å². The lowest BCUT2D eigenvalue weighted by Crippen LogP contribution is -2.47. The van der Waals surface area contributed by atoms with Gasteiger partial charge in [-0.05, 0) is 25.0 Å². The number of carbonyl (C=O) groups excluding carboxylic acids is 3. The Bertz CT molecular complexity index is 1080. The third-order valence-electron chi connectivity index (χ3n) is 5.39. The summed E-state index contributed by atoms with van der Waals surface area (Å²) in [5, 5.41) is 9.28. The number of nitrogens with zero attached hydrogens (tertiary/aromatic N) is 2. The number of likely N-dealkylation sites (tertiary alicyclic amines) is 1. The number of piperidine rings is 1. The lowest BCUT2D eigenvalue weighted by atomic mass is 9.97. The van der Waals surface area contributed by atoms with Crippen LogP contribution in [-0.4, -0.2) is 47.4 Å². The Hall–Kier alpha value is -3.94. The monoisotopic (exact) mass is 432 g/mol. The van der Waals surface area contributed by atoms with Crippen molar-refractivity contribution in [2.75, 3.05) is 25.0 Å². The van der Waals surface area contributed by atoms with Crippen LogP contribution in [0, 0.1) is 5.92 Å². The van der Waals surface area contributed by atoms with Crippen LogP contribution < -0.4 is 10.6 Å². The maximum Gasteiger partial charge on any atom is 0.273 e. The number of hydrogen-bond acceptors (Lipinski definition) is 5. The SMILES string of the molecule is O=C(NCC(=O)N1CCCC(C(=O)Nc2ccccc2)C1)c1cc(-c2ccccc2)on1. The largest absolute Gasteiger partial charge is 0.355 e. The van der Waals surface area contributed by atoms with Crippen molar-refractivity contribution in [1.29, 1.82) is 0 Å². The summed E-state index contributed by atoms with van der Waals surface area (Å²) in [5.41, 5.74) is 1.65. The van der Waals surface area contributed by atoms with Gasteiger partial charge in [0, 0.05) is 30.4 Å². The molecule has 0 spiro atoms. The summed E-state index contributed by atoms with van der Waals surface area (Å²) in [5.74, 6) is -0.631. The molecular formula is C24H24N4O4. The summed E-state index contributed by atoms with van der Waals surface area (Å²) in [4.78, 5) is 39.2. The van der Waals surface area contributed by atoms with Gasteiger partial charge in [-0.1, -0.05) is 53.7 Å². The molecule has 1 unspecified atom stereocenters. The molecule has 2 N–H and O–H groups in total. The third kappa shape index (κ3) is 5.21. The minimum absolute atomic E-state index is 0.103. The summed E-state index contributed by atoms with van der Waals surface area (Å²) in [6, 6.07) is 20.1. The summed E-state index contributed by atoms with van der Waals surface area (Å²) in [6.45, 7) is 0.723. The van der Waals surface area contributed by atoms with Crippen molar-refractivity contribution in [2.45, 2.75) is 12.8 Å². The summed E-state index contributed by atoms with van der Waals surface area (Å²) < 4.78 is 5.23. The highest BCUT2D eigenvalue weighted by Gasteiger charge is 2.28. The van der Waals surface area contributed by atoms with Crippen LogP contribution in [0.5, 0.6) is 0 Å². The Balaban J connectivity index is 1.28. The van der Waals surface area contributed by atoms with Gasteiger partial charge in [0.05, 0.1) is 12.5 Å². The molecule has 8 heteroatoms. The van der Waals surface area contributed by atoms with E-state index in [1.165, 1.54) is 0 Å². The Morgan fingerprint density at radius 1 is 1.03 bits per heavy atom. The molecule has 1 fully saturated rings. The van der Waals surface area contributed by atoms with Gasteiger partial charge in [0.25, 0.3) is 5.91 Å². The first-order chi connectivity index (χ1) is 15.6. The Kier molecular flexibility index (Phi) is 6.60. The molecule has 0 saturated carbocycles. The minimum Gasteiger partial charge on any atom is -0.355 e. The number of aromatic nitrogens is 1. The van der Waals surface area contributed by atoms with E-state index in [0.29, 0.717) is 18.8 Å². The highest BCUT2D eigenvalue weighted by molar-refractivity contribution is 5.96. The number of nitrogens with one attached hydrogen (secondary N) is 2. The van der Waals surface area contributed by atoms with E-state index in [1.54, 1.807) is 11.0 Å². The molecule has 1 aliphatic rings. The normalized spacial score (nSPS) is 15.8. The molecule has 164 valence electrons. The van der Waals surface area contributed by atoms with Gasteiger partial charge in [-0.25, -0.2) is 0 Å². The van der Waals surface area contributed by atoms with Crippen molar-refractivity contribution in [1.82, 2.24) is 15.4 Å². The molecule has 2 aromatic carbocycles. The average molecular weight is 432 g/mol. The predicted molar refractivity (Wildman–Crippen MR) is 119 cm³/mol. The molecule has 4 rings (SSSR count). The fourth-order valence-corrected chi connectivity index (χ4v) is 3.66. The molecule has 3 amide bonds. The molecule has 1 saturated heterocycles. The third-order valence-corrected chi connectivity index (χ3v) is 5.39. The van der Waals surface area contributed by atoms with Crippen LogP contribution in [-0.2, 0) is 9.59 Å². The van der Waals surface area contributed by atoms with Crippen molar-refractivity contribution in [2.24, 2.45) is 5.92 Å². The van der Waals surface area contributed by atoms with E-state index in [4.69, 9.17) is 4.52 Å². The van der Waals surface area contributed by atoms with Gasteiger partial charge in [0.1, 0.15) is 0 Å². The van der Waals surface area contributed by atoms with E-state index in [2.05, 4.69) is 15.8 Å². The van der Waals surface area contributed by atoms with E-state index >= 15 is 0 Å². The lowest BCUT2D eigenvalue weighted by molar-refractivity contribution is -0.133. The molecule has 1 atom stereocenters. The topological polar surface area (TPSA) is 105 Å². The number of anilines is 1. The number of benzene rings is 2. The minimum atomic E-state index is -0.486. The van der Waals surface area contributed by atoms with Gasteiger partial charge in [-0.3, -0.25) is 14.4 Å². The van der Waals surface area contributed by atoms with Crippen LogP contribution in [0.2, 0.25) is 0 Å². The number of hydrogen-bond donors (Lipinski definition) is 2. The smallest absolute Gasteiger partial charge is 0.273 e. The molecule has 3 aromatic rings. The van der Waals surface area contributed by atoms with E-state index < -0.39 is 5.91 Å². The highest BCUT2D eigenvalue weighted by atomic mass is 16.5. The lowest BCUT2D eigenvalue weighted by Gasteiger charge is -2.32. The van der Waals surface area contributed by atoms with Gasteiger partial charge in [0.15, 0.2) is 11.5 Å². The number of rotatable bonds is 6. The first-order valence-corrected chi connectivity index (χ1v) is 10.5. The fourth-order valence-electron chi connectivity index (χ4n) is 3.66. The molecule has 0 bridgehead atoms. The van der Waals surface area contributed by atoms with Gasteiger partial charge >= 0.3 is 0 Å². The van der Waals surface area contributed by atoms with Crippen LogP contribution in [0.3, 0.4) is 0 Å². The second-order valence-corrected chi connectivity index (χ2v) is 7.66. The quantitative estimate of drug-likeness (QED) is 0.623. The van der Waals surface area contributed by atoms with E-state index in [1.807, 2.05) is 60.7 Å². The Morgan fingerprint density at radius 2 is 1.75 bits per heavy atom. The number of amides is 3. The van der Waals surface area contributed by atoms with Gasteiger partial charge in [0.2, 0.25) is 11.8 Å². The summed E-state index contributed by atoms with van der Waals surface area (Å²) in [7, 11) is 0. The molecule has 0 aliphatic carbocycles. The summed E-state index contributed by atoms with van der Waals surface area (Å²) >= 11 is 0. The van der Waals surface area contributed by atoms with Crippen molar-refractivity contribution in [3.63, 3.8) is 0 Å². The summed E-state index contributed by atoms with van der Waals surface area (Å²) in [6.07, 6.45) is 1.45. The zero-order valence-electron chi connectivity index (χ0n) is 17.5. The van der Waals surface area contributed by atoms with Crippen molar-refractivity contribution < 1.29 is 18.9 Å². The molecule has 1 aliphatic heterocycles. The van der Waals surface area contributed by atoms with Crippen molar-refractivity contribution in [3.8, 4) is 11.3 Å². The first-order valence-electron chi connectivity index (χ1n) is 10.5. The second-order valence-electron chi connectivity index (χ2n) is 7.66. The van der Waals surface area contributed by atoms with Crippen LogP contribution in [0.4, 0.5) is 5.69 Å². The Labute approximate surface area is 185 Å². The molecular weight excluding hydrogens is 408 g/mol. The zero-order valence-corrected chi connectivity index (χ0v) is 17.5. The molecule has 0 radical (unpaired) electrons. The van der Waals surface area contributed by atoms with E-state index in [9.17, 15) is 14.4 Å². The Morgan fingerprint density at radius 3 is 2.50 bits per heavy atom. The van der Waals surface area contributed by atoms with Crippen LogP contribution in [0.1, 0.15) is 23.3 Å². The maximum atomic E-state index is 12.6. The first kappa shape index (κ1) is 21.3. The van der Waals surface area contributed by atoms with Crippen LogP contribution in [0.25, 0.3) is 11.3 Å². The van der Waals surface area contributed by atoms with E-state index in [0.717, 1.165) is 24.1 Å². The van der Waals surface area contributed by atoms with E-state index in [-0.39, 0.29) is 30.0 Å². The zero-order chi connectivity index (χ0) is 22.3. The fraction of sp³-hybridized carbons (Fsp3) is 0.250. The van der Waals surface area contributed by atoms with Crippen molar-refractivity contribution >= 4 is 23.4 Å². The molecule has 2 heterocycles.